The average Bonchev–Trinajstić information content (AvgIpc) is 3.03. The largest absolute Gasteiger partial charge is 0.393 e. The van der Waals surface area contributed by atoms with Crippen molar-refractivity contribution in [3.05, 3.63) is 52.2 Å². The number of benzene rings is 1. The molecule has 0 saturated carbocycles. The van der Waals surface area contributed by atoms with Crippen molar-refractivity contribution in [2.45, 2.75) is 45.9 Å². The first-order valence-electron chi connectivity index (χ1n) is 9.53. The van der Waals surface area contributed by atoms with E-state index < -0.39 is 0 Å². The molecule has 0 bridgehead atoms. The van der Waals surface area contributed by atoms with Crippen LogP contribution in [0.1, 0.15) is 35.4 Å². The molecule has 1 aromatic carbocycles. The Labute approximate surface area is 164 Å². The number of fused-ring (bicyclic) bond motifs is 1. The molecule has 2 aromatic heterocycles. The van der Waals surface area contributed by atoms with E-state index in [0.29, 0.717) is 0 Å². The Hall–Kier alpha value is -2.02. The third-order valence-corrected chi connectivity index (χ3v) is 6.24. The number of piperidine rings is 1. The molecule has 1 fully saturated rings. The van der Waals surface area contributed by atoms with E-state index in [2.05, 4.69) is 56.8 Å². The zero-order valence-corrected chi connectivity index (χ0v) is 16.7. The van der Waals surface area contributed by atoms with Gasteiger partial charge in [-0.05, 0) is 48.8 Å². The van der Waals surface area contributed by atoms with Gasteiger partial charge in [0.25, 0.3) is 0 Å². The number of hydrogen-bond donors (Lipinski definition) is 2. The predicted octanol–water partition coefficient (Wildman–Crippen LogP) is 3.88. The summed E-state index contributed by atoms with van der Waals surface area (Å²) in [4.78, 5) is 12.7. The van der Waals surface area contributed by atoms with Crippen molar-refractivity contribution in [2.75, 3.05) is 18.4 Å². The molecule has 2 N–H and O–H groups in total. The first-order chi connectivity index (χ1) is 13.1. The molecular weight excluding hydrogens is 356 g/mol. The van der Waals surface area contributed by atoms with E-state index in [1.54, 1.807) is 11.3 Å². The minimum Gasteiger partial charge on any atom is -0.393 e. The van der Waals surface area contributed by atoms with Crippen LogP contribution in [0.15, 0.2) is 29.6 Å². The van der Waals surface area contributed by atoms with Crippen molar-refractivity contribution < 1.29 is 5.11 Å². The fraction of sp³-hybridized carbons (Fsp3) is 0.429. The molecule has 3 heterocycles. The number of aliphatic hydroxyl groups excluding tert-OH is 1. The van der Waals surface area contributed by atoms with E-state index in [1.807, 2.05) is 6.92 Å². The lowest BCUT2D eigenvalue weighted by Gasteiger charge is -2.30. The molecule has 1 aliphatic rings. The van der Waals surface area contributed by atoms with Crippen LogP contribution in [0.5, 0.6) is 0 Å². The third kappa shape index (κ3) is 4.13. The van der Waals surface area contributed by atoms with Crippen LogP contribution < -0.4 is 5.32 Å². The Kier molecular flexibility index (Phi) is 5.38. The maximum atomic E-state index is 9.72. The van der Waals surface area contributed by atoms with E-state index in [1.165, 1.54) is 16.7 Å². The summed E-state index contributed by atoms with van der Waals surface area (Å²) in [5, 5.41) is 16.6. The van der Waals surface area contributed by atoms with E-state index >= 15 is 0 Å². The molecule has 0 aliphatic carbocycles. The molecule has 6 heteroatoms. The Morgan fingerprint density at radius 1 is 1.15 bits per heavy atom. The van der Waals surface area contributed by atoms with Gasteiger partial charge in [-0.3, -0.25) is 4.90 Å². The van der Waals surface area contributed by atoms with Crippen LogP contribution in [-0.4, -0.2) is 39.2 Å². The highest BCUT2D eigenvalue weighted by atomic mass is 32.1. The Morgan fingerprint density at radius 2 is 1.89 bits per heavy atom. The van der Waals surface area contributed by atoms with Crippen LogP contribution >= 0.6 is 11.3 Å². The summed E-state index contributed by atoms with van der Waals surface area (Å²) in [7, 11) is 0. The van der Waals surface area contributed by atoms with Crippen LogP contribution in [0.25, 0.3) is 10.2 Å². The molecule has 27 heavy (non-hydrogen) atoms. The maximum Gasteiger partial charge on any atom is 0.139 e. The highest BCUT2D eigenvalue weighted by Crippen LogP contribution is 2.29. The number of likely N-dealkylation sites (tertiary alicyclic amines) is 1. The number of rotatable bonds is 5. The van der Waals surface area contributed by atoms with Gasteiger partial charge >= 0.3 is 0 Å². The van der Waals surface area contributed by atoms with Crippen LogP contribution in [0, 0.1) is 13.8 Å². The van der Waals surface area contributed by atoms with Gasteiger partial charge in [-0.1, -0.05) is 24.3 Å². The molecule has 1 aliphatic heterocycles. The lowest BCUT2D eigenvalue weighted by Crippen LogP contribution is -2.35. The van der Waals surface area contributed by atoms with Crippen LogP contribution in [-0.2, 0) is 13.1 Å². The normalized spacial score (nSPS) is 16.1. The van der Waals surface area contributed by atoms with E-state index in [4.69, 9.17) is 0 Å². The van der Waals surface area contributed by atoms with Crippen LogP contribution in [0.2, 0.25) is 0 Å². The van der Waals surface area contributed by atoms with Crippen molar-refractivity contribution in [3.8, 4) is 0 Å². The van der Waals surface area contributed by atoms with Gasteiger partial charge in [0.15, 0.2) is 0 Å². The van der Waals surface area contributed by atoms with Gasteiger partial charge in [0.2, 0.25) is 0 Å². The number of aliphatic hydroxyl groups is 1. The van der Waals surface area contributed by atoms with Gasteiger partial charge in [-0.2, -0.15) is 0 Å². The first-order valence-corrected chi connectivity index (χ1v) is 10.4. The summed E-state index contributed by atoms with van der Waals surface area (Å²) in [5.41, 5.74) is 3.85. The van der Waals surface area contributed by atoms with E-state index in [-0.39, 0.29) is 6.10 Å². The van der Waals surface area contributed by atoms with Crippen LogP contribution in [0.4, 0.5) is 5.82 Å². The van der Waals surface area contributed by atoms with E-state index in [9.17, 15) is 5.11 Å². The standard InChI is InChI=1S/C21H26N4OS/c1-14-13-27-21-19(14)20(23-15(2)24-21)22-11-16-5-3-4-6-17(16)12-25-9-7-18(26)8-10-25/h3-6,13,18,26H,7-12H2,1-2H3,(H,22,23,24). The minimum absolute atomic E-state index is 0.129. The molecule has 0 spiro atoms. The second-order valence-electron chi connectivity index (χ2n) is 7.35. The molecular formula is C21H26N4OS. The maximum absolute atomic E-state index is 9.72. The highest BCUT2D eigenvalue weighted by molar-refractivity contribution is 7.17. The second-order valence-corrected chi connectivity index (χ2v) is 8.21. The van der Waals surface area contributed by atoms with Gasteiger partial charge in [0.1, 0.15) is 16.5 Å². The van der Waals surface area contributed by atoms with Crippen molar-refractivity contribution in [1.82, 2.24) is 14.9 Å². The van der Waals surface area contributed by atoms with E-state index in [0.717, 1.165) is 60.9 Å². The zero-order valence-electron chi connectivity index (χ0n) is 15.9. The summed E-state index contributed by atoms with van der Waals surface area (Å²) < 4.78 is 0. The lowest BCUT2D eigenvalue weighted by molar-refractivity contribution is 0.0791. The van der Waals surface area contributed by atoms with Crippen molar-refractivity contribution in [1.29, 1.82) is 0 Å². The number of aromatic nitrogens is 2. The van der Waals surface area contributed by atoms with Gasteiger partial charge < -0.3 is 10.4 Å². The lowest BCUT2D eigenvalue weighted by atomic mass is 10.0. The Balaban J connectivity index is 1.52. The fourth-order valence-corrected chi connectivity index (χ4v) is 4.67. The van der Waals surface area contributed by atoms with Gasteiger partial charge in [-0.15, -0.1) is 11.3 Å². The van der Waals surface area contributed by atoms with Crippen molar-refractivity contribution in [3.63, 3.8) is 0 Å². The number of anilines is 1. The Morgan fingerprint density at radius 3 is 2.67 bits per heavy atom. The SMILES string of the molecule is Cc1nc(NCc2ccccc2CN2CCC(O)CC2)c2c(C)csc2n1. The fourth-order valence-electron chi connectivity index (χ4n) is 3.70. The van der Waals surface area contributed by atoms with Gasteiger partial charge in [0.05, 0.1) is 11.5 Å². The van der Waals surface area contributed by atoms with Crippen molar-refractivity contribution >= 4 is 27.4 Å². The van der Waals surface area contributed by atoms with Gasteiger partial charge in [-0.25, -0.2) is 9.97 Å². The minimum atomic E-state index is -0.129. The molecule has 0 amide bonds. The van der Waals surface area contributed by atoms with Crippen molar-refractivity contribution in [2.24, 2.45) is 0 Å². The summed E-state index contributed by atoms with van der Waals surface area (Å²) in [6, 6.07) is 8.59. The number of aryl methyl sites for hydroxylation is 2. The number of nitrogens with zero attached hydrogens (tertiary/aromatic N) is 3. The third-order valence-electron chi connectivity index (χ3n) is 5.25. The molecule has 4 rings (SSSR count). The first kappa shape index (κ1) is 18.3. The Bertz CT molecular complexity index is 931. The monoisotopic (exact) mass is 382 g/mol. The quantitative estimate of drug-likeness (QED) is 0.701. The topological polar surface area (TPSA) is 61.3 Å². The predicted molar refractivity (Wildman–Crippen MR) is 111 cm³/mol. The molecule has 0 atom stereocenters. The van der Waals surface area contributed by atoms with Gasteiger partial charge in [0, 0.05) is 26.2 Å². The summed E-state index contributed by atoms with van der Waals surface area (Å²) in [6.45, 7) is 7.65. The smallest absolute Gasteiger partial charge is 0.139 e. The number of thiophene rings is 1. The molecule has 5 nitrogen and oxygen atoms in total. The molecule has 1 saturated heterocycles. The number of hydrogen-bond acceptors (Lipinski definition) is 6. The molecule has 0 unspecified atom stereocenters. The average molecular weight is 383 g/mol. The highest BCUT2D eigenvalue weighted by Gasteiger charge is 2.18. The summed E-state index contributed by atoms with van der Waals surface area (Å²) >= 11 is 1.67. The molecule has 142 valence electrons. The summed E-state index contributed by atoms with van der Waals surface area (Å²) in [6.07, 6.45) is 1.61. The summed E-state index contributed by atoms with van der Waals surface area (Å²) in [5.74, 6) is 1.72. The van der Waals surface area contributed by atoms with Crippen LogP contribution in [0.3, 0.4) is 0 Å². The molecule has 3 aromatic rings. The zero-order chi connectivity index (χ0) is 18.8. The number of nitrogens with one attached hydrogen (secondary N) is 1. The second kappa shape index (κ2) is 7.92. The molecule has 0 radical (unpaired) electrons.